The van der Waals surface area contributed by atoms with Gasteiger partial charge in [-0.2, -0.15) is 5.10 Å². The molecule has 0 radical (unpaired) electrons. The molecule has 6 nitrogen and oxygen atoms in total. The zero-order chi connectivity index (χ0) is 15.1. The summed E-state index contributed by atoms with van der Waals surface area (Å²) >= 11 is 0. The van der Waals surface area contributed by atoms with E-state index in [1.54, 1.807) is 10.9 Å². The lowest BCUT2D eigenvalue weighted by molar-refractivity contribution is 0.0599. The van der Waals surface area contributed by atoms with Gasteiger partial charge in [-0.05, 0) is 24.1 Å². The van der Waals surface area contributed by atoms with E-state index in [9.17, 15) is 4.79 Å². The van der Waals surface area contributed by atoms with Crippen molar-refractivity contribution in [2.45, 2.75) is 13.3 Å². The molecule has 2 N–H and O–H groups in total. The molecule has 0 aliphatic carbocycles. The number of pyridine rings is 1. The van der Waals surface area contributed by atoms with Crippen molar-refractivity contribution in [3.63, 3.8) is 0 Å². The van der Waals surface area contributed by atoms with E-state index >= 15 is 0 Å². The fourth-order valence-corrected chi connectivity index (χ4v) is 2.64. The molecule has 0 aliphatic heterocycles. The monoisotopic (exact) mass is 284 g/mol. The lowest BCUT2D eigenvalue weighted by Gasteiger charge is -2.10. The number of nitrogen functional groups attached to an aromatic ring is 1. The fourth-order valence-electron chi connectivity index (χ4n) is 2.64. The number of methoxy groups -OCH3 is 1. The summed E-state index contributed by atoms with van der Waals surface area (Å²) in [6.45, 7) is 1.99. The molecule has 0 saturated heterocycles. The highest BCUT2D eigenvalue weighted by atomic mass is 16.5. The second-order valence-electron chi connectivity index (χ2n) is 4.90. The predicted molar refractivity (Wildman–Crippen MR) is 81.1 cm³/mol. The largest absolute Gasteiger partial charge is 0.465 e. The lowest BCUT2D eigenvalue weighted by Crippen LogP contribution is -2.06. The third kappa shape index (κ3) is 1.91. The van der Waals surface area contributed by atoms with Crippen molar-refractivity contribution in [2.24, 2.45) is 7.05 Å². The average molecular weight is 284 g/mol. The third-order valence-corrected chi connectivity index (χ3v) is 3.72. The Morgan fingerprint density at radius 2 is 2.14 bits per heavy atom. The Kier molecular flexibility index (Phi) is 3.01. The molecule has 0 spiro atoms. The second kappa shape index (κ2) is 4.73. The molecular weight excluding hydrogens is 268 g/mol. The van der Waals surface area contributed by atoms with Gasteiger partial charge >= 0.3 is 5.97 Å². The number of esters is 1. The number of benzene rings is 1. The van der Waals surface area contributed by atoms with Crippen LogP contribution in [0.25, 0.3) is 21.8 Å². The molecule has 0 atom stereocenters. The van der Waals surface area contributed by atoms with Crippen LogP contribution in [0.15, 0.2) is 18.3 Å². The van der Waals surface area contributed by atoms with Crippen molar-refractivity contribution in [1.82, 2.24) is 14.8 Å². The number of hydrogen-bond acceptors (Lipinski definition) is 5. The molecule has 0 bridgehead atoms. The Bertz CT molecular complexity index is 867. The Labute approximate surface area is 121 Å². The highest BCUT2D eigenvalue weighted by Crippen LogP contribution is 2.30. The van der Waals surface area contributed by atoms with Crippen molar-refractivity contribution < 1.29 is 9.53 Å². The first-order valence-corrected chi connectivity index (χ1v) is 6.69. The number of anilines is 1. The summed E-state index contributed by atoms with van der Waals surface area (Å²) in [6, 6.07) is 3.71. The number of carbonyl (C=O) groups is 1. The quantitative estimate of drug-likeness (QED) is 0.728. The number of nitrogens with zero attached hydrogens (tertiary/aromatic N) is 3. The van der Waals surface area contributed by atoms with Gasteiger partial charge in [0.2, 0.25) is 0 Å². The number of hydrogen-bond donors (Lipinski definition) is 1. The van der Waals surface area contributed by atoms with E-state index in [-0.39, 0.29) is 5.97 Å². The van der Waals surface area contributed by atoms with E-state index in [2.05, 4.69) is 10.1 Å². The maximum Gasteiger partial charge on any atom is 0.338 e. The zero-order valence-electron chi connectivity index (χ0n) is 12.2. The Hall–Kier alpha value is -2.63. The van der Waals surface area contributed by atoms with Gasteiger partial charge in [0.05, 0.1) is 35.3 Å². The fraction of sp³-hybridized carbons (Fsp3) is 0.267. The van der Waals surface area contributed by atoms with Crippen molar-refractivity contribution in [2.75, 3.05) is 12.8 Å². The average Bonchev–Trinajstić information content (AvgIpc) is 2.88. The molecular formula is C15H16N4O2. The van der Waals surface area contributed by atoms with Crippen LogP contribution in [-0.4, -0.2) is 27.8 Å². The number of ether oxygens (including phenoxy) is 1. The van der Waals surface area contributed by atoms with Crippen LogP contribution in [0.4, 0.5) is 5.82 Å². The molecule has 0 fully saturated rings. The zero-order valence-corrected chi connectivity index (χ0v) is 12.2. The van der Waals surface area contributed by atoms with Crippen LogP contribution in [0, 0.1) is 0 Å². The number of rotatable bonds is 2. The minimum Gasteiger partial charge on any atom is -0.465 e. The van der Waals surface area contributed by atoms with E-state index in [0.29, 0.717) is 17.8 Å². The molecule has 3 rings (SSSR count). The molecule has 0 saturated carbocycles. The van der Waals surface area contributed by atoms with E-state index in [1.165, 1.54) is 7.11 Å². The van der Waals surface area contributed by atoms with Crippen LogP contribution in [0.3, 0.4) is 0 Å². The standard InChI is InChI=1S/C15H16N4O2/c1-4-8-5-12-10(6-9(8)15(20)21-3)13-11(14(16)18-12)7-17-19(13)2/h5-7H,4H2,1-3H3,(H2,16,18). The van der Waals surface area contributed by atoms with Crippen molar-refractivity contribution >= 4 is 33.6 Å². The highest BCUT2D eigenvalue weighted by molar-refractivity contribution is 6.10. The number of carbonyl (C=O) groups excluding carboxylic acids is 1. The summed E-state index contributed by atoms with van der Waals surface area (Å²) in [5.74, 6) is 0.0966. The van der Waals surface area contributed by atoms with E-state index in [1.807, 2.05) is 26.1 Å². The molecule has 6 heteroatoms. The summed E-state index contributed by atoms with van der Waals surface area (Å²) in [5, 5.41) is 5.85. The molecule has 1 aromatic carbocycles. The third-order valence-electron chi connectivity index (χ3n) is 3.72. The van der Waals surface area contributed by atoms with Crippen molar-refractivity contribution in [1.29, 1.82) is 0 Å². The molecule has 108 valence electrons. The van der Waals surface area contributed by atoms with Crippen LogP contribution >= 0.6 is 0 Å². The van der Waals surface area contributed by atoms with Gasteiger partial charge in [-0.15, -0.1) is 0 Å². The first-order chi connectivity index (χ1) is 10.1. The molecule has 2 heterocycles. The first kappa shape index (κ1) is 13.4. The highest BCUT2D eigenvalue weighted by Gasteiger charge is 2.17. The van der Waals surface area contributed by atoms with Gasteiger partial charge in [-0.25, -0.2) is 9.78 Å². The molecule has 0 amide bonds. The van der Waals surface area contributed by atoms with Gasteiger partial charge in [0, 0.05) is 12.4 Å². The van der Waals surface area contributed by atoms with Gasteiger partial charge in [0.25, 0.3) is 0 Å². The Balaban J connectivity index is 2.47. The minimum atomic E-state index is -0.346. The number of nitrogens with two attached hydrogens (primary N) is 1. The number of fused-ring (bicyclic) bond motifs is 3. The van der Waals surface area contributed by atoms with Gasteiger partial charge < -0.3 is 10.5 Å². The maximum absolute atomic E-state index is 12.0. The Morgan fingerprint density at radius 3 is 2.81 bits per heavy atom. The number of aryl methyl sites for hydroxylation is 2. The minimum absolute atomic E-state index is 0.346. The Morgan fingerprint density at radius 1 is 1.38 bits per heavy atom. The van der Waals surface area contributed by atoms with Crippen LogP contribution in [0.2, 0.25) is 0 Å². The molecule has 3 aromatic rings. The SMILES string of the molecule is CCc1cc2nc(N)c3cnn(C)c3c2cc1C(=O)OC. The van der Waals surface area contributed by atoms with Crippen LogP contribution < -0.4 is 5.73 Å². The van der Waals surface area contributed by atoms with E-state index in [4.69, 9.17) is 10.5 Å². The summed E-state index contributed by atoms with van der Waals surface area (Å²) in [7, 11) is 3.22. The first-order valence-electron chi connectivity index (χ1n) is 6.69. The second-order valence-corrected chi connectivity index (χ2v) is 4.90. The smallest absolute Gasteiger partial charge is 0.338 e. The van der Waals surface area contributed by atoms with Crippen LogP contribution in [-0.2, 0) is 18.2 Å². The van der Waals surface area contributed by atoms with Gasteiger partial charge in [0.15, 0.2) is 0 Å². The lowest BCUT2D eigenvalue weighted by atomic mass is 10.0. The predicted octanol–water partition coefficient (Wildman–Crippen LogP) is 2.05. The van der Waals surface area contributed by atoms with Crippen LogP contribution in [0.1, 0.15) is 22.8 Å². The summed E-state index contributed by atoms with van der Waals surface area (Å²) < 4.78 is 6.61. The van der Waals surface area contributed by atoms with Gasteiger partial charge in [0.1, 0.15) is 5.82 Å². The summed E-state index contributed by atoms with van der Waals surface area (Å²) in [5.41, 5.74) is 9.07. The topological polar surface area (TPSA) is 83.0 Å². The van der Waals surface area contributed by atoms with E-state index in [0.717, 1.165) is 27.4 Å². The van der Waals surface area contributed by atoms with Crippen LogP contribution in [0.5, 0.6) is 0 Å². The molecule has 0 aliphatic rings. The normalized spacial score (nSPS) is 11.2. The maximum atomic E-state index is 12.0. The molecule has 21 heavy (non-hydrogen) atoms. The molecule has 0 unspecified atom stereocenters. The van der Waals surface area contributed by atoms with Crippen molar-refractivity contribution in [3.8, 4) is 0 Å². The van der Waals surface area contributed by atoms with E-state index < -0.39 is 0 Å². The molecule has 2 aromatic heterocycles. The summed E-state index contributed by atoms with van der Waals surface area (Å²) in [6.07, 6.45) is 2.40. The summed E-state index contributed by atoms with van der Waals surface area (Å²) in [4.78, 5) is 16.4. The number of aromatic nitrogens is 3. The van der Waals surface area contributed by atoms with Crippen molar-refractivity contribution in [3.05, 3.63) is 29.5 Å². The van der Waals surface area contributed by atoms with Gasteiger partial charge in [-0.3, -0.25) is 4.68 Å². The van der Waals surface area contributed by atoms with Gasteiger partial charge in [-0.1, -0.05) is 6.92 Å².